The number of hydrogen-bond acceptors (Lipinski definition) is 3. The molecule has 106 valence electrons. The molecule has 3 nitrogen and oxygen atoms in total. The van der Waals surface area contributed by atoms with Crippen molar-refractivity contribution < 1.29 is 18.3 Å². The van der Waals surface area contributed by atoms with Gasteiger partial charge in [0.25, 0.3) is 0 Å². The smallest absolute Gasteiger partial charge is 0.204 e. The van der Waals surface area contributed by atoms with Crippen LogP contribution in [0.15, 0.2) is 57.6 Å². The van der Waals surface area contributed by atoms with Gasteiger partial charge in [0.1, 0.15) is 11.8 Å². The lowest BCUT2D eigenvalue weighted by Crippen LogP contribution is -2.11. The molecule has 2 aromatic carbocycles. The van der Waals surface area contributed by atoms with Gasteiger partial charge in [-0.1, -0.05) is 34.1 Å². The van der Waals surface area contributed by atoms with E-state index in [2.05, 4.69) is 15.9 Å². The predicted octanol–water partition coefficient (Wildman–Crippen LogP) is 4.60. The highest BCUT2D eigenvalue weighted by Gasteiger charge is 2.15. The van der Waals surface area contributed by atoms with E-state index in [1.807, 2.05) is 12.1 Å². The fourth-order valence-electron chi connectivity index (χ4n) is 2.00. The van der Waals surface area contributed by atoms with Crippen LogP contribution in [-0.2, 0) is 0 Å². The average Bonchev–Trinajstić information content (AvgIpc) is 2.92. The number of benzene rings is 2. The standard InChI is InChI=1S/C16H10BrFO3/c17-10-5-6-13(18)16(7-10)21-9-14(19)12-8-20-15-4-2-1-3-11(12)15/h1-8H,9H2. The van der Waals surface area contributed by atoms with Crippen LogP contribution in [0.5, 0.6) is 5.75 Å². The number of ketones is 1. The van der Waals surface area contributed by atoms with Crippen molar-refractivity contribution in [1.82, 2.24) is 0 Å². The molecule has 0 saturated heterocycles. The summed E-state index contributed by atoms with van der Waals surface area (Å²) in [6.45, 7) is -0.253. The fourth-order valence-corrected chi connectivity index (χ4v) is 2.34. The molecule has 0 atom stereocenters. The third-order valence-corrected chi connectivity index (χ3v) is 3.53. The van der Waals surface area contributed by atoms with Gasteiger partial charge in [-0.3, -0.25) is 4.79 Å². The molecular weight excluding hydrogens is 339 g/mol. The van der Waals surface area contributed by atoms with Crippen LogP contribution in [0, 0.1) is 5.82 Å². The van der Waals surface area contributed by atoms with Crippen LogP contribution in [0.25, 0.3) is 11.0 Å². The van der Waals surface area contributed by atoms with Gasteiger partial charge in [0, 0.05) is 9.86 Å². The number of Topliss-reactive ketones (excluding diaryl/α,β-unsaturated/α-hetero) is 1. The Balaban J connectivity index is 1.79. The van der Waals surface area contributed by atoms with E-state index in [1.165, 1.54) is 18.4 Å². The molecule has 0 saturated carbocycles. The third kappa shape index (κ3) is 2.83. The first-order chi connectivity index (χ1) is 10.1. The average molecular weight is 349 g/mol. The van der Waals surface area contributed by atoms with E-state index in [9.17, 15) is 9.18 Å². The molecule has 0 radical (unpaired) electrons. The van der Waals surface area contributed by atoms with Crippen molar-refractivity contribution in [3.63, 3.8) is 0 Å². The SMILES string of the molecule is O=C(COc1cc(Br)ccc1F)c1coc2ccccc12. The van der Waals surface area contributed by atoms with Crippen LogP contribution >= 0.6 is 15.9 Å². The van der Waals surface area contributed by atoms with Crippen molar-refractivity contribution >= 4 is 32.7 Å². The summed E-state index contributed by atoms with van der Waals surface area (Å²) in [5.41, 5.74) is 1.07. The second kappa shape index (κ2) is 5.69. The molecule has 0 N–H and O–H groups in total. The van der Waals surface area contributed by atoms with Gasteiger partial charge in [-0.15, -0.1) is 0 Å². The Hall–Kier alpha value is -2.14. The highest BCUT2D eigenvalue weighted by Crippen LogP contribution is 2.24. The molecule has 0 aliphatic rings. The molecule has 3 aromatic rings. The number of hydrogen-bond donors (Lipinski definition) is 0. The molecular formula is C16H10BrFO3. The number of halogens is 2. The molecule has 0 bridgehead atoms. The van der Waals surface area contributed by atoms with Gasteiger partial charge in [0.2, 0.25) is 5.78 Å². The largest absolute Gasteiger partial charge is 0.482 e. The summed E-state index contributed by atoms with van der Waals surface area (Å²) in [7, 11) is 0. The minimum atomic E-state index is -0.511. The first-order valence-corrected chi connectivity index (χ1v) is 7.02. The monoisotopic (exact) mass is 348 g/mol. The van der Waals surface area contributed by atoms with Crippen LogP contribution in [0.4, 0.5) is 4.39 Å². The zero-order chi connectivity index (χ0) is 14.8. The number of ether oxygens (including phenoxy) is 1. The highest BCUT2D eigenvalue weighted by atomic mass is 79.9. The summed E-state index contributed by atoms with van der Waals surface area (Å²) in [6.07, 6.45) is 1.40. The van der Waals surface area contributed by atoms with Gasteiger partial charge in [0.15, 0.2) is 18.2 Å². The van der Waals surface area contributed by atoms with Crippen molar-refractivity contribution in [2.75, 3.05) is 6.61 Å². The first-order valence-electron chi connectivity index (χ1n) is 6.22. The van der Waals surface area contributed by atoms with Crippen LogP contribution < -0.4 is 4.74 Å². The minimum Gasteiger partial charge on any atom is -0.482 e. The van der Waals surface area contributed by atoms with Gasteiger partial charge in [0.05, 0.1) is 5.56 Å². The van der Waals surface area contributed by atoms with Crippen molar-refractivity contribution in [2.45, 2.75) is 0 Å². The molecule has 0 amide bonds. The lowest BCUT2D eigenvalue weighted by atomic mass is 10.1. The quantitative estimate of drug-likeness (QED) is 0.647. The molecule has 0 fully saturated rings. The molecule has 0 aliphatic heterocycles. The summed E-state index contributed by atoms with van der Waals surface area (Å²) < 4.78 is 24.8. The van der Waals surface area contributed by atoms with Crippen molar-refractivity contribution in [3.8, 4) is 5.75 Å². The highest BCUT2D eigenvalue weighted by molar-refractivity contribution is 9.10. The number of carbonyl (C=O) groups excluding carboxylic acids is 1. The maximum atomic E-state index is 13.5. The molecule has 5 heteroatoms. The van der Waals surface area contributed by atoms with Gasteiger partial charge in [-0.2, -0.15) is 0 Å². The Kier molecular flexibility index (Phi) is 3.75. The van der Waals surface area contributed by atoms with Crippen molar-refractivity contribution in [1.29, 1.82) is 0 Å². The van der Waals surface area contributed by atoms with E-state index in [-0.39, 0.29) is 18.1 Å². The molecule has 1 heterocycles. The summed E-state index contributed by atoms with van der Waals surface area (Å²) in [5, 5.41) is 0.723. The lowest BCUT2D eigenvalue weighted by molar-refractivity contribution is 0.0919. The van der Waals surface area contributed by atoms with E-state index in [0.29, 0.717) is 15.6 Å². The van der Waals surface area contributed by atoms with E-state index in [0.717, 1.165) is 5.39 Å². The maximum absolute atomic E-state index is 13.5. The van der Waals surface area contributed by atoms with Gasteiger partial charge >= 0.3 is 0 Å². The Morgan fingerprint density at radius 2 is 2.05 bits per heavy atom. The lowest BCUT2D eigenvalue weighted by Gasteiger charge is -2.06. The van der Waals surface area contributed by atoms with E-state index in [1.54, 1.807) is 18.2 Å². The second-order valence-electron chi connectivity index (χ2n) is 4.43. The maximum Gasteiger partial charge on any atom is 0.204 e. The Morgan fingerprint density at radius 1 is 1.24 bits per heavy atom. The number of para-hydroxylation sites is 1. The number of furan rings is 1. The number of rotatable bonds is 4. The zero-order valence-corrected chi connectivity index (χ0v) is 12.4. The minimum absolute atomic E-state index is 0.0329. The zero-order valence-electron chi connectivity index (χ0n) is 10.8. The van der Waals surface area contributed by atoms with Crippen LogP contribution in [-0.4, -0.2) is 12.4 Å². The predicted molar refractivity (Wildman–Crippen MR) is 80.1 cm³/mol. The van der Waals surface area contributed by atoms with Crippen LogP contribution in [0.3, 0.4) is 0 Å². The van der Waals surface area contributed by atoms with E-state index < -0.39 is 5.82 Å². The van der Waals surface area contributed by atoms with Crippen molar-refractivity contribution in [2.24, 2.45) is 0 Å². The Labute approximate surface area is 128 Å². The summed E-state index contributed by atoms with van der Waals surface area (Å²) >= 11 is 3.23. The Bertz CT molecular complexity index is 810. The fraction of sp³-hybridized carbons (Fsp3) is 0.0625. The van der Waals surface area contributed by atoms with Crippen molar-refractivity contribution in [3.05, 3.63) is 64.6 Å². The molecule has 21 heavy (non-hydrogen) atoms. The molecule has 3 rings (SSSR count). The Morgan fingerprint density at radius 3 is 2.90 bits per heavy atom. The molecule has 0 spiro atoms. The van der Waals surface area contributed by atoms with E-state index >= 15 is 0 Å². The number of fused-ring (bicyclic) bond motifs is 1. The number of carbonyl (C=O) groups is 1. The normalized spacial score (nSPS) is 10.8. The second-order valence-corrected chi connectivity index (χ2v) is 5.35. The van der Waals surface area contributed by atoms with Gasteiger partial charge in [-0.05, 0) is 24.3 Å². The summed E-state index contributed by atoms with van der Waals surface area (Å²) in [6, 6.07) is 11.5. The molecule has 0 unspecified atom stereocenters. The first kappa shape index (κ1) is 13.8. The molecule has 1 aromatic heterocycles. The van der Waals surface area contributed by atoms with Gasteiger partial charge in [-0.25, -0.2) is 4.39 Å². The summed E-state index contributed by atoms with van der Waals surface area (Å²) in [5.74, 6) is -0.743. The third-order valence-electron chi connectivity index (χ3n) is 3.03. The summed E-state index contributed by atoms with van der Waals surface area (Å²) in [4.78, 5) is 12.2. The van der Waals surface area contributed by atoms with Crippen LogP contribution in [0.1, 0.15) is 10.4 Å². The van der Waals surface area contributed by atoms with Gasteiger partial charge < -0.3 is 9.15 Å². The van der Waals surface area contributed by atoms with Crippen LogP contribution in [0.2, 0.25) is 0 Å². The topological polar surface area (TPSA) is 39.4 Å². The molecule has 0 aliphatic carbocycles. The van der Waals surface area contributed by atoms with E-state index in [4.69, 9.17) is 9.15 Å².